The molecule has 1 aliphatic carbocycles. The smallest absolute Gasteiger partial charge is 0.255 e. The molecule has 0 saturated heterocycles. The normalized spacial score (nSPS) is 16.0. The molecule has 1 saturated carbocycles. The van der Waals surface area contributed by atoms with Crippen molar-refractivity contribution in [3.05, 3.63) is 36.5 Å². The van der Waals surface area contributed by atoms with Crippen LogP contribution in [-0.2, 0) is 0 Å². The molecule has 1 aliphatic rings. The first kappa shape index (κ1) is 12.8. The molecule has 2 heterocycles. The lowest BCUT2D eigenvalue weighted by Gasteiger charge is -2.23. The van der Waals surface area contributed by atoms with E-state index in [0.29, 0.717) is 11.4 Å². The first-order valence-corrected chi connectivity index (χ1v) is 6.95. The van der Waals surface area contributed by atoms with Crippen molar-refractivity contribution < 1.29 is 4.79 Å². The van der Waals surface area contributed by atoms with Crippen LogP contribution in [0.3, 0.4) is 0 Å². The highest BCUT2D eigenvalue weighted by Crippen LogP contribution is 2.18. The number of hydrogen-bond donors (Lipinski definition) is 1. The number of nitrogens with zero attached hydrogens (tertiary/aromatic N) is 4. The largest absolute Gasteiger partial charge is 0.349 e. The van der Waals surface area contributed by atoms with Crippen molar-refractivity contribution in [3.8, 4) is 5.82 Å². The summed E-state index contributed by atoms with van der Waals surface area (Å²) in [6.45, 7) is 0. The highest BCUT2D eigenvalue weighted by atomic mass is 16.1. The second-order valence-electron chi connectivity index (χ2n) is 5.02. The molecule has 6 heteroatoms. The fourth-order valence-electron chi connectivity index (χ4n) is 2.58. The van der Waals surface area contributed by atoms with Crippen LogP contribution < -0.4 is 5.32 Å². The van der Waals surface area contributed by atoms with Gasteiger partial charge in [0.15, 0.2) is 5.82 Å². The second-order valence-corrected chi connectivity index (χ2v) is 5.02. The standard InChI is InChI=1S/C14H17N5O/c20-14(18-11-5-2-1-3-6-11)12-7-4-8-16-13(12)19-10-15-9-17-19/h4,7-11H,1-3,5-6H2,(H,18,20). The average Bonchev–Trinajstić information content (AvgIpc) is 3.02. The SMILES string of the molecule is O=C(NC1CCCCC1)c1cccnc1-n1cncn1. The number of aromatic nitrogens is 4. The van der Waals surface area contributed by atoms with E-state index in [1.807, 2.05) is 0 Å². The van der Waals surface area contributed by atoms with Crippen LogP contribution in [-0.4, -0.2) is 31.7 Å². The van der Waals surface area contributed by atoms with E-state index in [4.69, 9.17) is 0 Å². The summed E-state index contributed by atoms with van der Waals surface area (Å²) in [5.74, 6) is 0.425. The molecule has 2 aromatic rings. The predicted molar refractivity (Wildman–Crippen MR) is 73.5 cm³/mol. The lowest BCUT2D eigenvalue weighted by molar-refractivity contribution is 0.0927. The first-order chi connectivity index (χ1) is 9.84. The number of amides is 1. The third kappa shape index (κ3) is 2.68. The van der Waals surface area contributed by atoms with Gasteiger partial charge in [-0.1, -0.05) is 19.3 Å². The van der Waals surface area contributed by atoms with Crippen molar-refractivity contribution in [2.45, 2.75) is 38.1 Å². The highest BCUT2D eigenvalue weighted by Gasteiger charge is 2.19. The van der Waals surface area contributed by atoms with E-state index in [1.165, 1.54) is 30.3 Å². The van der Waals surface area contributed by atoms with E-state index in [-0.39, 0.29) is 11.9 Å². The molecule has 2 aromatic heterocycles. The van der Waals surface area contributed by atoms with E-state index in [1.54, 1.807) is 24.7 Å². The number of nitrogens with one attached hydrogen (secondary N) is 1. The Morgan fingerprint density at radius 2 is 2.15 bits per heavy atom. The van der Waals surface area contributed by atoms with Gasteiger partial charge in [-0.05, 0) is 25.0 Å². The summed E-state index contributed by atoms with van der Waals surface area (Å²) in [4.78, 5) is 20.5. The van der Waals surface area contributed by atoms with Crippen LogP contribution >= 0.6 is 0 Å². The summed E-state index contributed by atoms with van der Waals surface area (Å²) in [6.07, 6.45) is 10.4. The lowest BCUT2D eigenvalue weighted by Crippen LogP contribution is -2.36. The number of hydrogen-bond acceptors (Lipinski definition) is 4. The number of rotatable bonds is 3. The Bertz CT molecular complexity index is 575. The number of pyridine rings is 1. The summed E-state index contributed by atoms with van der Waals surface area (Å²) < 4.78 is 1.51. The summed E-state index contributed by atoms with van der Waals surface area (Å²) in [5.41, 5.74) is 0.531. The quantitative estimate of drug-likeness (QED) is 0.922. The van der Waals surface area contributed by atoms with Gasteiger partial charge in [-0.25, -0.2) is 14.6 Å². The Morgan fingerprint density at radius 1 is 1.30 bits per heavy atom. The minimum atomic E-state index is -0.0875. The van der Waals surface area contributed by atoms with Crippen LogP contribution in [0.25, 0.3) is 5.82 Å². The van der Waals surface area contributed by atoms with Crippen LogP contribution in [0.1, 0.15) is 42.5 Å². The first-order valence-electron chi connectivity index (χ1n) is 6.95. The third-order valence-corrected chi connectivity index (χ3v) is 3.61. The maximum atomic E-state index is 12.4. The third-order valence-electron chi connectivity index (χ3n) is 3.61. The second kappa shape index (κ2) is 5.81. The van der Waals surface area contributed by atoms with Crippen molar-refractivity contribution in [2.75, 3.05) is 0 Å². The molecule has 3 rings (SSSR count). The van der Waals surface area contributed by atoms with Crippen molar-refractivity contribution in [1.82, 2.24) is 25.1 Å². The molecule has 1 N–H and O–H groups in total. The molecular weight excluding hydrogens is 254 g/mol. The van der Waals surface area contributed by atoms with Gasteiger partial charge in [0.25, 0.3) is 5.91 Å². The molecule has 20 heavy (non-hydrogen) atoms. The zero-order valence-electron chi connectivity index (χ0n) is 11.2. The van der Waals surface area contributed by atoms with E-state index in [0.717, 1.165) is 12.8 Å². The van der Waals surface area contributed by atoms with Gasteiger partial charge in [-0.3, -0.25) is 4.79 Å². The van der Waals surface area contributed by atoms with E-state index < -0.39 is 0 Å². The minimum Gasteiger partial charge on any atom is -0.349 e. The fraction of sp³-hybridized carbons (Fsp3) is 0.429. The van der Waals surface area contributed by atoms with Crippen molar-refractivity contribution >= 4 is 5.91 Å². The van der Waals surface area contributed by atoms with Crippen molar-refractivity contribution in [2.24, 2.45) is 0 Å². The van der Waals surface area contributed by atoms with Gasteiger partial charge in [-0.15, -0.1) is 0 Å². The van der Waals surface area contributed by atoms with Gasteiger partial charge < -0.3 is 5.32 Å². The molecule has 0 spiro atoms. The summed E-state index contributed by atoms with van der Waals surface area (Å²) >= 11 is 0. The average molecular weight is 271 g/mol. The Labute approximate surface area is 117 Å². The summed E-state index contributed by atoms with van der Waals surface area (Å²) in [7, 11) is 0. The minimum absolute atomic E-state index is 0.0875. The van der Waals surface area contributed by atoms with Crippen LogP contribution in [0.2, 0.25) is 0 Å². The summed E-state index contributed by atoms with van der Waals surface area (Å²) in [5, 5.41) is 7.14. The molecular formula is C14H17N5O. The fourth-order valence-corrected chi connectivity index (χ4v) is 2.58. The molecule has 104 valence electrons. The van der Waals surface area contributed by atoms with Gasteiger partial charge in [0, 0.05) is 12.2 Å². The van der Waals surface area contributed by atoms with Crippen LogP contribution in [0.4, 0.5) is 0 Å². The molecule has 6 nitrogen and oxygen atoms in total. The number of carbonyl (C=O) groups is 1. The zero-order valence-corrected chi connectivity index (χ0v) is 11.2. The van der Waals surface area contributed by atoms with Gasteiger partial charge in [0.2, 0.25) is 0 Å². The van der Waals surface area contributed by atoms with Crippen molar-refractivity contribution in [1.29, 1.82) is 0 Å². The van der Waals surface area contributed by atoms with Gasteiger partial charge in [-0.2, -0.15) is 5.10 Å². The van der Waals surface area contributed by atoms with Gasteiger partial charge in [0.1, 0.15) is 12.7 Å². The molecule has 0 unspecified atom stereocenters. The predicted octanol–water partition coefficient (Wildman–Crippen LogP) is 1.72. The molecule has 0 radical (unpaired) electrons. The Balaban J connectivity index is 1.81. The molecule has 0 atom stereocenters. The number of carbonyl (C=O) groups excluding carboxylic acids is 1. The summed E-state index contributed by atoms with van der Waals surface area (Å²) in [6, 6.07) is 3.80. The molecule has 0 aliphatic heterocycles. The van der Waals surface area contributed by atoms with E-state index in [9.17, 15) is 4.79 Å². The Hall–Kier alpha value is -2.24. The molecule has 1 fully saturated rings. The topological polar surface area (TPSA) is 72.7 Å². The van der Waals surface area contributed by atoms with Crippen LogP contribution in [0.15, 0.2) is 31.0 Å². The highest BCUT2D eigenvalue weighted by molar-refractivity contribution is 5.97. The van der Waals surface area contributed by atoms with Gasteiger partial charge in [0.05, 0.1) is 5.56 Å². The van der Waals surface area contributed by atoms with Crippen LogP contribution in [0.5, 0.6) is 0 Å². The Kier molecular flexibility index (Phi) is 3.71. The van der Waals surface area contributed by atoms with E-state index in [2.05, 4.69) is 20.4 Å². The monoisotopic (exact) mass is 271 g/mol. The Morgan fingerprint density at radius 3 is 2.90 bits per heavy atom. The maximum absolute atomic E-state index is 12.4. The molecule has 1 amide bonds. The van der Waals surface area contributed by atoms with Crippen molar-refractivity contribution in [3.63, 3.8) is 0 Å². The molecule has 0 bridgehead atoms. The maximum Gasteiger partial charge on any atom is 0.255 e. The molecule has 0 aromatic carbocycles. The van der Waals surface area contributed by atoms with Crippen LogP contribution in [0, 0.1) is 0 Å². The zero-order chi connectivity index (χ0) is 13.8. The lowest BCUT2D eigenvalue weighted by atomic mass is 9.95. The van der Waals surface area contributed by atoms with E-state index >= 15 is 0 Å². The van der Waals surface area contributed by atoms with Gasteiger partial charge >= 0.3 is 0 Å².